The molecule has 0 atom stereocenters. The van der Waals surface area contributed by atoms with Crippen LogP contribution in [0.4, 0.5) is 0 Å². The fraction of sp³-hybridized carbons (Fsp3) is 0.500. The minimum atomic E-state index is -3.36. The van der Waals surface area contributed by atoms with Crippen LogP contribution in [0.25, 0.3) is 0 Å². The van der Waals surface area contributed by atoms with Gasteiger partial charge in [-0.1, -0.05) is 23.2 Å². The van der Waals surface area contributed by atoms with Gasteiger partial charge in [0.05, 0.1) is 5.75 Å². The van der Waals surface area contributed by atoms with Crippen molar-refractivity contribution < 1.29 is 8.42 Å². The molecular formula is C12H16Cl2N2O2S. The molecule has 4 nitrogen and oxygen atoms in total. The summed E-state index contributed by atoms with van der Waals surface area (Å²) in [5, 5.41) is 4.08. The standard InChI is InChI=1S/C12H16Cl2N2O2S/c13-10-5-9(6-11(14)7-10)8-19(17,18)16-12-1-3-15-4-2-12/h5-7,12,15-16H,1-4,8H2. The Kier molecular flexibility index (Phi) is 5.09. The van der Waals surface area contributed by atoms with Crippen LogP contribution in [-0.4, -0.2) is 27.5 Å². The second-order valence-electron chi connectivity index (χ2n) is 4.68. The highest BCUT2D eigenvalue weighted by Gasteiger charge is 2.20. The van der Waals surface area contributed by atoms with Crippen LogP contribution in [0.15, 0.2) is 18.2 Å². The van der Waals surface area contributed by atoms with Crippen molar-refractivity contribution >= 4 is 33.2 Å². The van der Waals surface area contributed by atoms with Crippen molar-refractivity contribution in [1.29, 1.82) is 0 Å². The first-order valence-corrected chi connectivity index (χ1v) is 8.51. The molecule has 2 rings (SSSR count). The van der Waals surface area contributed by atoms with Gasteiger partial charge >= 0.3 is 0 Å². The fourth-order valence-electron chi connectivity index (χ4n) is 2.15. The predicted octanol–water partition coefficient (Wildman–Crippen LogP) is 2.16. The summed E-state index contributed by atoms with van der Waals surface area (Å²) in [6, 6.07) is 4.84. The summed E-state index contributed by atoms with van der Waals surface area (Å²) < 4.78 is 26.9. The van der Waals surface area contributed by atoms with Crippen LogP contribution >= 0.6 is 23.2 Å². The molecule has 1 heterocycles. The van der Waals surface area contributed by atoms with E-state index in [2.05, 4.69) is 10.0 Å². The Bertz CT molecular complexity index is 522. The molecule has 1 aliphatic rings. The summed E-state index contributed by atoms with van der Waals surface area (Å²) in [5.74, 6) is -0.1000. The van der Waals surface area contributed by atoms with E-state index in [1.54, 1.807) is 18.2 Å². The molecule has 7 heteroatoms. The van der Waals surface area contributed by atoms with E-state index in [9.17, 15) is 8.42 Å². The third kappa shape index (κ3) is 4.93. The first-order valence-electron chi connectivity index (χ1n) is 6.10. The third-order valence-electron chi connectivity index (χ3n) is 2.96. The number of nitrogens with one attached hydrogen (secondary N) is 2. The van der Waals surface area contributed by atoms with Gasteiger partial charge < -0.3 is 5.32 Å². The zero-order valence-corrected chi connectivity index (χ0v) is 12.7. The summed E-state index contributed by atoms with van der Waals surface area (Å²) >= 11 is 11.7. The van der Waals surface area contributed by atoms with Gasteiger partial charge in [0.2, 0.25) is 10.0 Å². The van der Waals surface area contributed by atoms with Crippen LogP contribution in [0.5, 0.6) is 0 Å². The molecule has 106 valence electrons. The van der Waals surface area contributed by atoms with E-state index >= 15 is 0 Å². The van der Waals surface area contributed by atoms with Crippen LogP contribution in [0, 0.1) is 0 Å². The zero-order valence-electron chi connectivity index (χ0n) is 10.3. The largest absolute Gasteiger partial charge is 0.317 e. The van der Waals surface area contributed by atoms with Crippen LogP contribution in [-0.2, 0) is 15.8 Å². The molecule has 1 aliphatic heterocycles. The SMILES string of the molecule is O=S(=O)(Cc1cc(Cl)cc(Cl)c1)NC1CCNCC1. The summed E-state index contributed by atoms with van der Waals surface area (Å²) in [6.45, 7) is 1.69. The number of hydrogen-bond acceptors (Lipinski definition) is 3. The van der Waals surface area contributed by atoms with E-state index in [1.165, 1.54) is 0 Å². The quantitative estimate of drug-likeness (QED) is 0.893. The minimum Gasteiger partial charge on any atom is -0.317 e. The number of hydrogen-bond donors (Lipinski definition) is 2. The van der Waals surface area contributed by atoms with Gasteiger partial charge in [0.15, 0.2) is 0 Å². The van der Waals surface area contributed by atoms with Crippen LogP contribution < -0.4 is 10.0 Å². The van der Waals surface area contributed by atoms with Gasteiger partial charge in [0, 0.05) is 16.1 Å². The highest BCUT2D eigenvalue weighted by atomic mass is 35.5. The maximum absolute atomic E-state index is 12.1. The second kappa shape index (κ2) is 6.41. The van der Waals surface area contributed by atoms with Crippen LogP contribution in [0.1, 0.15) is 18.4 Å². The molecule has 0 saturated carbocycles. The van der Waals surface area contributed by atoms with Crippen molar-refractivity contribution in [3.05, 3.63) is 33.8 Å². The molecule has 0 aromatic heterocycles. The molecule has 0 aliphatic carbocycles. The lowest BCUT2D eigenvalue weighted by Crippen LogP contribution is -2.43. The number of benzene rings is 1. The first-order chi connectivity index (χ1) is 8.94. The Morgan fingerprint density at radius 3 is 2.32 bits per heavy atom. The van der Waals surface area contributed by atoms with E-state index in [1.807, 2.05) is 0 Å². The number of sulfonamides is 1. The van der Waals surface area contributed by atoms with E-state index in [-0.39, 0.29) is 11.8 Å². The molecule has 2 N–H and O–H groups in total. The van der Waals surface area contributed by atoms with Gasteiger partial charge in [-0.3, -0.25) is 0 Å². The Labute approximate surface area is 123 Å². The Morgan fingerprint density at radius 2 is 1.74 bits per heavy atom. The Balaban J connectivity index is 2.03. The number of rotatable bonds is 4. The van der Waals surface area contributed by atoms with Gasteiger partial charge in [-0.25, -0.2) is 13.1 Å². The van der Waals surface area contributed by atoms with Gasteiger partial charge in [-0.05, 0) is 49.7 Å². The van der Waals surface area contributed by atoms with Crippen molar-refractivity contribution in [2.24, 2.45) is 0 Å². The normalized spacial score (nSPS) is 17.6. The lowest BCUT2D eigenvalue weighted by molar-refractivity contribution is 0.427. The molecule has 0 unspecified atom stereocenters. The summed E-state index contributed by atoms with van der Waals surface area (Å²) in [5.41, 5.74) is 0.596. The molecule has 1 aromatic rings. The van der Waals surface area contributed by atoms with Gasteiger partial charge in [0.25, 0.3) is 0 Å². The summed E-state index contributed by atoms with van der Waals surface area (Å²) in [6.07, 6.45) is 1.63. The molecule has 0 radical (unpaired) electrons. The van der Waals surface area contributed by atoms with Gasteiger partial charge in [-0.2, -0.15) is 0 Å². The van der Waals surface area contributed by atoms with Gasteiger partial charge in [0.1, 0.15) is 0 Å². The maximum Gasteiger partial charge on any atom is 0.216 e. The van der Waals surface area contributed by atoms with E-state index in [0.29, 0.717) is 15.6 Å². The van der Waals surface area contributed by atoms with Crippen molar-refractivity contribution in [1.82, 2.24) is 10.0 Å². The minimum absolute atomic E-state index is 0.0147. The average molecular weight is 323 g/mol. The number of piperidine rings is 1. The van der Waals surface area contributed by atoms with Crippen LogP contribution in [0.3, 0.4) is 0 Å². The van der Waals surface area contributed by atoms with E-state index in [4.69, 9.17) is 23.2 Å². The molecule has 1 fully saturated rings. The Hall–Kier alpha value is -0.330. The topological polar surface area (TPSA) is 58.2 Å². The molecule has 19 heavy (non-hydrogen) atoms. The van der Waals surface area contributed by atoms with Crippen molar-refractivity contribution in [3.63, 3.8) is 0 Å². The molecule has 1 saturated heterocycles. The monoisotopic (exact) mass is 322 g/mol. The van der Waals surface area contributed by atoms with Crippen molar-refractivity contribution in [2.45, 2.75) is 24.6 Å². The molecule has 0 spiro atoms. The first kappa shape index (κ1) is 15.1. The Morgan fingerprint density at radius 1 is 1.16 bits per heavy atom. The lowest BCUT2D eigenvalue weighted by Gasteiger charge is -2.23. The van der Waals surface area contributed by atoms with E-state index < -0.39 is 10.0 Å². The van der Waals surface area contributed by atoms with Crippen molar-refractivity contribution in [3.8, 4) is 0 Å². The highest BCUT2D eigenvalue weighted by Crippen LogP contribution is 2.20. The number of halogens is 2. The van der Waals surface area contributed by atoms with Gasteiger partial charge in [-0.15, -0.1) is 0 Å². The molecule has 1 aromatic carbocycles. The fourth-order valence-corrected chi connectivity index (χ4v) is 4.15. The molecule has 0 amide bonds. The highest BCUT2D eigenvalue weighted by molar-refractivity contribution is 7.88. The average Bonchev–Trinajstić information content (AvgIpc) is 2.27. The zero-order chi connectivity index (χ0) is 13.9. The van der Waals surface area contributed by atoms with Crippen molar-refractivity contribution in [2.75, 3.05) is 13.1 Å². The van der Waals surface area contributed by atoms with Crippen LogP contribution in [0.2, 0.25) is 10.0 Å². The summed E-state index contributed by atoms with van der Waals surface area (Å²) in [4.78, 5) is 0. The second-order valence-corrected chi connectivity index (χ2v) is 7.31. The maximum atomic E-state index is 12.1. The predicted molar refractivity (Wildman–Crippen MR) is 78.1 cm³/mol. The molecular weight excluding hydrogens is 307 g/mol. The van der Waals surface area contributed by atoms with E-state index in [0.717, 1.165) is 25.9 Å². The molecule has 0 bridgehead atoms. The summed E-state index contributed by atoms with van der Waals surface area (Å²) in [7, 11) is -3.36. The third-order valence-corrected chi connectivity index (χ3v) is 4.81. The lowest BCUT2D eigenvalue weighted by atomic mass is 10.1. The smallest absolute Gasteiger partial charge is 0.216 e.